The Morgan fingerprint density at radius 2 is 1.22 bits per heavy atom. The van der Waals surface area contributed by atoms with E-state index in [1.54, 1.807) is 25.7 Å². The Hall–Kier alpha value is -6.18. The van der Waals surface area contributed by atoms with Gasteiger partial charge in [-0.05, 0) is 129 Å². The standard InChI is InChI=1S/C58H55BN2O3S/c1-55(2,3)34-21-24-44-40(29-34)41-31-38(23-26-45(41)62-44)61-43-32-39(60(36-17-13-11-14-18-36)37-19-15-12-16-20-37)33-47-50(43)59(53-51(61)48-52(65-53)58(9,10)28-27-57(48,7)8)49-42-30-35(56(4,5)6)22-25-46(42)63-54(49)64-47/h11-26,29-33H,27-28H2,1-10H3/i11D,12D,13D,14D,15D,16D,17D,18D,19D,20D,21D,22D,23D,24D,25D,26D,29D,30D,32D,33D. The van der Waals surface area contributed by atoms with Crippen LogP contribution in [0, 0.1) is 0 Å². The number of para-hydroxylation sites is 2. The van der Waals surface area contributed by atoms with E-state index in [4.69, 9.17) is 23.2 Å². The Balaban J connectivity index is 1.35. The molecule has 6 aromatic carbocycles. The van der Waals surface area contributed by atoms with Crippen LogP contribution in [0.15, 0.2) is 136 Å². The summed E-state index contributed by atoms with van der Waals surface area (Å²) in [7, 11) is 0. The molecule has 9 aromatic rings. The highest BCUT2D eigenvalue weighted by molar-refractivity contribution is 7.29. The summed E-state index contributed by atoms with van der Waals surface area (Å²) in [5, 5.41) is 0.272. The van der Waals surface area contributed by atoms with Gasteiger partial charge in [-0.1, -0.05) is 118 Å². The number of furan rings is 2. The summed E-state index contributed by atoms with van der Waals surface area (Å²) in [5.74, 6) is -0.733. The summed E-state index contributed by atoms with van der Waals surface area (Å²) in [6, 6.07) is -11.7. The van der Waals surface area contributed by atoms with Crippen LogP contribution in [0.2, 0.25) is 0 Å². The predicted molar refractivity (Wildman–Crippen MR) is 275 cm³/mol. The van der Waals surface area contributed by atoms with Crippen molar-refractivity contribution in [2.24, 2.45) is 0 Å². The zero-order chi connectivity index (χ0) is 62.4. The molecule has 5 heterocycles. The molecule has 2 aliphatic heterocycles. The van der Waals surface area contributed by atoms with Crippen molar-refractivity contribution < 1.29 is 41.0 Å². The van der Waals surface area contributed by atoms with Gasteiger partial charge in [-0.15, -0.1) is 0 Å². The summed E-state index contributed by atoms with van der Waals surface area (Å²) in [6.45, 7) is 17.9. The fraction of sp³-hybridized carbons (Fsp3) is 0.276. The fourth-order valence-electron chi connectivity index (χ4n) is 9.43. The predicted octanol–water partition coefficient (Wildman–Crippen LogP) is 15.2. The molecule has 7 heteroatoms. The molecule has 0 bridgehead atoms. The molecular formula is C58H55BN2O3S. The van der Waals surface area contributed by atoms with Gasteiger partial charge < -0.3 is 23.4 Å². The van der Waals surface area contributed by atoms with Crippen LogP contribution in [-0.4, -0.2) is 6.71 Å². The summed E-state index contributed by atoms with van der Waals surface area (Å²) < 4.78 is 209. The van der Waals surface area contributed by atoms with Gasteiger partial charge in [-0.2, -0.15) is 11.3 Å². The van der Waals surface area contributed by atoms with Gasteiger partial charge in [0.15, 0.2) is 0 Å². The monoisotopic (exact) mass is 891 g/mol. The van der Waals surface area contributed by atoms with Crippen molar-refractivity contribution in [2.45, 2.75) is 104 Å². The van der Waals surface area contributed by atoms with E-state index >= 15 is 0 Å². The van der Waals surface area contributed by atoms with E-state index in [1.165, 1.54) is 17.4 Å². The van der Waals surface area contributed by atoms with Crippen LogP contribution in [0.4, 0.5) is 34.1 Å². The second kappa shape index (κ2) is 13.7. The number of benzene rings is 6. The average Bonchev–Trinajstić information content (AvgIpc) is 1.62. The molecule has 3 aromatic heterocycles. The fourth-order valence-corrected chi connectivity index (χ4v) is 11.1. The molecule has 65 heavy (non-hydrogen) atoms. The molecule has 0 saturated heterocycles. The van der Waals surface area contributed by atoms with Gasteiger partial charge in [0.25, 0.3) is 12.7 Å². The van der Waals surface area contributed by atoms with Gasteiger partial charge in [0.1, 0.15) is 22.5 Å². The molecule has 0 spiro atoms. The lowest BCUT2D eigenvalue weighted by molar-refractivity contribution is 0.339. The number of anilines is 6. The number of nitrogens with zero attached hydrogens (tertiary/aromatic N) is 2. The minimum atomic E-state index is -1.19. The maximum Gasteiger partial charge on any atom is 0.285 e. The van der Waals surface area contributed by atoms with Gasteiger partial charge in [-0.25, -0.2) is 0 Å². The minimum absolute atomic E-state index is 0.0301. The van der Waals surface area contributed by atoms with Crippen molar-refractivity contribution in [1.29, 1.82) is 0 Å². The third kappa shape index (κ3) is 6.10. The van der Waals surface area contributed by atoms with Crippen molar-refractivity contribution in [3.8, 4) is 11.7 Å². The zero-order valence-corrected chi connectivity index (χ0v) is 38.4. The van der Waals surface area contributed by atoms with Crippen LogP contribution in [-0.2, 0) is 21.7 Å². The van der Waals surface area contributed by atoms with Crippen molar-refractivity contribution in [3.05, 3.63) is 148 Å². The summed E-state index contributed by atoms with van der Waals surface area (Å²) in [5.41, 5.74) is -4.49. The van der Waals surface area contributed by atoms with Gasteiger partial charge in [0.05, 0.1) is 38.8 Å². The number of fused-ring (bicyclic) bond motifs is 11. The van der Waals surface area contributed by atoms with Crippen molar-refractivity contribution in [3.63, 3.8) is 0 Å². The highest BCUT2D eigenvalue weighted by Gasteiger charge is 2.52. The molecule has 5 nitrogen and oxygen atoms in total. The van der Waals surface area contributed by atoms with Gasteiger partial charge in [0.2, 0.25) is 0 Å². The van der Waals surface area contributed by atoms with Gasteiger partial charge in [0, 0.05) is 60.1 Å². The molecule has 12 rings (SSSR count). The number of rotatable bonds is 4. The molecule has 324 valence electrons. The Labute approximate surface area is 414 Å². The Morgan fingerprint density at radius 1 is 0.631 bits per heavy atom. The van der Waals surface area contributed by atoms with E-state index in [-0.39, 0.29) is 109 Å². The second-order valence-electron chi connectivity index (χ2n) is 20.5. The van der Waals surface area contributed by atoms with E-state index in [1.807, 2.05) is 34.6 Å². The minimum Gasteiger partial charge on any atom is -0.456 e. The summed E-state index contributed by atoms with van der Waals surface area (Å²) in [6.07, 6.45) is 1.29. The maximum absolute atomic E-state index is 11.0. The third-order valence-corrected chi connectivity index (χ3v) is 14.6. The molecule has 1 aliphatic carbocycles. The molecule has 0 atom stereocenters. The van der Waals surface area contributed by atoms with E-state index in [0.717, 1.165) is 10.4 Å². The first-order chi connectivity index (χ1) is 39.3. The second-order valence-corrected chi connectivity index (χ2v) is 21.5. The first-order valence-electron chi connectivity index (χ1n) is 31.6. The normalized spacial score (nSPS) is 20.3. The van der Waals surface area contributed by atoms with E-state index in [0.29, 0.717) is 28.2 Å². The molecule has 0 N–H and O–H groups in total. The number of ether oxygens (including phenoxy) is 1. The Bertz CT molecular complexity index is 4460. The van der Waals surface area contributed by atoms with Crippen LogP contribution in [0.25, 0.3) is 32.9 Å². The lowest BCUT2D eigenvalue weighted by Crippen LogP contribution is -2.58. The van der Waals surface area contributed by atoms with Crippen molar-refractivity contribution in [1.82, 2.24) is 0 Å². The van der Waals surface area contributed by atoms with Crippen LogP contribution < -0.4 is 30.2 Å². The van der Waals surface area contributed by atoms with Crippen LogP contribution in [0.1, 0.15) is 131 Å². The smallest absolute Gasteiger partial charge is 0.285 e. The van der Waals surface area contributed by atoms with Crippen LogP contribution >= 0.6 is 11.3 Å². The van der Waals surface area contributed by atoms with E-state index in [2.05, 4.69) is 13.8 Å². The molecule has 3 aliphatic rings. The first-order valence-corrected chi connectivity index (χ1v) is 22.4. The Morgan fingerprint density at radius 3 is 1.86 bits per heavy atom. The lowest BCUT2D eigenvalue weighted by Gasteiger charge is -2.43. The average molecular weight is 891 g/mol. The van der Waals surface area contributed by atoms with E-state index < -0.39 is 136 Å². The third-order valence-electron chi connectivity index (χ3n) is 13.0. The topological polar surface area (TPSA) is 42.0 Å². The van der Waals surface area contributed by atoms with Crippen LogP contribution in [0.3, 0.4) is 0 Å². The zero-order valence-electron chi connectivity index (χ0n) is 57.6. The van der Waals surface area contributed by atoms with Gasteiger partial charge >= 0.3 is 0 Å². The highest BCUT2D eigenvalue weighted by atomic mass is 32.1. The summed E-state index contributed by atoms with van der Waals surface area (Å²) >= 11 is 1.41. The maximum atomic E-state index is 11.0. The summed E-state index contributed by atoms with van der Waals surface area (Å²) in [4.78, 5) is 3.16. The molecule has 0 fully saturated rings. The van der Waals surface area contributed by atoms with E-state index in [9.17, 15) is 17.8 Å². The Kier molecular flexibility index (Phi) is 5.13. The molecule has 0 saturated carbocycles. The van der Waals surface area contributed by atoms with Crippen LogP contribution in [0.5, 0.6) is 11.7 Å². The number of hydrogen-bond donors (Lipinski definition) is 0. The molecular weight excluding hydrogens is 816 g/mol. The quantitative estimate of drug-likeness (QED) is 0.165. The number of thiophene rings is 1. The number of hydrogen-bond acceptors (Lipinski definition) is 6. The lowest BCUT2D eigenvalue weighted by atomic mass is 9.36. The molecule has 0 radical (unpaired) electrons. The molecule has 0 unspecified atom stereocenters. The highest BCUT2D eigenvalue weighted by Crippen LogP contribution is 2.57. The molecule has 0 amide bonds. The largest absolute Gasteiger partial charge is 0.456 e. The SMILES string of the molecule is [2H]c1c([2H])c([2H])c(N(c2c([2H])c([2H])c([2H])c([2H])c2[2H])c2c([2H])c3c4c(c2[2H])N(c2cc5c(oc6c([2H])c([2H])c(C(C)(C)C)c([2H])c65)c([2H])c2[2H])c2c(sc5c2C(C)(C)CCC5(C)C)B4c2c(oc4c([2H])c([2H])c(C(C)(C)C)c([2H])c24)O3)c([2H])c1[2H]. The van der Waals surface area contributed by atoms with Crippen molar-refractivity contribution >= 4 is 101 Å². The first kappa shape index (κ1) is 24.4. The van der Waals surface area contributed by atoms with Gasteiger partial charge in [-0.3, -0.25) is 0 Å². The van der Waals surface area contributed by atoms with Crippen molar-refractivity contribution in [2.75, 3.05) is 9.80 Å².